The van der Waals surface area contributed by atoms with Gasteiger partial charge in [-0.2, -0.15) is 4.98 Å². The first-order chi connectivity index (χ1) is 11.8. The number of fused-ring (bicyclic) bond motifs is 8. The lowest BCUT2D eigenvalue weighted by Gasteiger charge is -1.96. The number of hydrogen-bond donors (Lipinski definition) is 0. The van der Waals surface area contributed by atoms with Crippen molar-refractivity contribution < 1.29 is 0 Å². The number of pyridine rings is 1. The topological polar surface area (TPSA) is 35.1 Å². The summed E-state index contributed by atoms with van der Waals surface area (Å²) in [6.45, 7) is 0. The molecular formula is C19H12N4S. The lowest BCUT2D eigenvalue weighted by Crippen LogP contribution is -1.87. The zero-order chi connectivity index (χ0) is 15.8. The molecule has 0 radical (unpaired) electrons. The molecular weight excluding hydrogens is 316 g/mol. The number of para-hydroxylation sites is 2. The van der Waals surface area contributed by atoms with Crippen LogP contribution in [-0.2, 0) is 7.05 Å². The Kier molecular flexibility index (Phi) is 2.15. The van der Waals surface area contributed by atoms with Crippen molar-refractivity contribution in [3.63, 3.8) is 0 Å². The number of imidazole rings is 2. The molecule has 4 heterocycles. The number of benzene rings is 2. The summed E-state index contributed by atoms with van der Waals surface area (Å²) >= 11 is 1.73. The maximum Gasteiger partial charge on any atom is 0.217 e. The molecule has 0 spiro atoms. The van der Waals surface area contributed by atoms with Crippen molar-refractivity contribution in [2.45, 2.75) is 0 Å². The minimum Gasteiger partial charge on any atom is -0.313 e. The Bertz CT molecular complexity index is 1420. The summed E-state index contributed by atoms with van der Waals surface area (Å²) in [6.07, 6.45) is 0. The number of nitrogens with zero attached hydrogens (tertiary/aromatic N) is 4. The van der Waals surface area contributed by atoms with E-state index in [-0.39, 0.29) is 0 Å². The minimum absolute atomic E-state index is 0.811. The average Bonchev–Trinajstić information content (AvgIpc) is 3.24. The van der Waals surface area contributed by atoms with E-state index >= 15 is 0 Å². The summed E-state index contributed by atoms with van der Waals surface area (Å²) in [5.41, 5.74) is 4.22. The third-order valence-corrected chi connectivity index (χ3v) is 5.84. The maximum atomic E-state index is 4.85. The van der Waals surface area contributed by atoms with E-state index in [1.54, 1.807) is 11.3 Å². The predicted molar refractivity (Wildman–Crippen MR) is 99.9 cm³/mol. The molecule has 0 aliphatic carbocycles. The standard InChI is InChI=1S/C19H12N4S/c1-22-13-7-3-4-8-14(13)23-15-10-12-11-6-2-5-9-16(11)24-18(12)20-17(15)21-19(22)23/h2-10H,1H3. The zero-order valence-corrected chi connectivity index (χ0v) is 13.7. The molecule has 0 amide bonds. The van der Waals surface area contributed by atoms with E-state index in [9.17, 15) is 0 Å². The molecule has 0 unspecified atom stereocenters. The van der Waals surface area contributed by atoms with Crippen LogP contribution in [0.4, 0.5) is 0 Å². The van der Waals surface area contributed by atoms with Crippen LogP contribution in [0.1, 0.15) is 0 Å². The number of thiophene rings is 1. The van der Waals surface area contributed by atoms with Crippen molar-refractivity contribution >= 4 is 59.6 Å². The highest BCUT2D eigenvalue weighted by Gasteiger charge is 2.16. The van der Waals surface area contributed by atoms with Crippen LogP contribution in [0.2, 0.25) is 0 Å². The quantitative estimate of drug-likeness (QED) is 0.403. The summed E-state index contributed by atoms with van der Waals surface area (Å²) < 4.78 is 5.61. The smallest absolute Gasteiger partial charge is 0.217 e. The van der Waals surface area contributed by atoms with Gasteiger partial charge in [0, 0.05) is 22.5 Å². The molecule has 6 aromatic rings. The first-order valence-corrected chi connectivity index (χ1v) is 8.67. The molecule has 0 saturated heterocycles. The molecule has 0 saturated carbocycles. The Morgan fingerprint density at radius 1 is 0.833 bits per heavy atom. The van der Waals surface area contributed by atoms with Gasteiger partial charge in [-0.3, -0.25) is 4.40 Å². The lowest BCUT2D eigenvalue weighted by molar-refractivity contribution is 0.973. The Balaban J connectivity index is 1.89. The second-order valence-electron chi connectivity index (χ2n) is 6.08. The molecule has 0 fully saturated rings. The molecule has 6 rings (SSSR count). The van der Waals surface area contributed by atoms with Gasteiger partial charge in [0.25, 0.3) is 0 Å². The maximum absolute atomic E-state index is 4.85. The Labute approximate surface area is 140 Å². The van der Waals surface area contributed by atoms with Crippen molar-refractivity contribution in [3.05, 3.63) is 54.6 Å². The second kappa shape index (κ2) is 4.13. The van der Waals surface area contributed by atoms with Crippen molar-refractivity contribution in [2.75, 3.05) is 0 Å². The average molecular weight is 328 g/mol. The highest BCUT2D eigenvalue weighted by Crippen LogP contribution is 2.35. The Morgan fingerprint density at radius 3 is 2.54 bits per heavy atom. The fraction of sp³-hybridized carbons (Fsp3) is 0.0526. The van der Waals surface area contributed by atoms with Gasteiger partial charge in [0.05, 0.1) is 16.6 Å². The summed E-state index contributed by atoms with van der Waals surface area (Å²) in [6, 6.07) is 19.1. The summed E-state index contributed by atoms with van der Waals surface area (Å²) in [4.78, 5) is 10.7. The van der Waals surface area contributed by atoms with Crippen molar-refractivity contribution in [2.24, 2.45) is 7.05 Å². The van der Waals surface area contributed by atoms with Gasteiger partial charge in [0.2, 0.25) is 5.78 Å². The molecule has 4 nitrogen and oxygen atoms in total. The number of aryl methyl sites for hydroxylation is 1. The fourth-order valence-corrected chi connectivity index (χ4v) is 4.69. The van der Waals surface area contributed by atoms with Crippen molar-refractivity contribution in [1.82, 2.24) is 18.9 Å². The van der Waals surface area contributed by atoms with Crippen molar-refractivity contribution in [3.8, 4) is 0 Å². The van der Waals surface area contributed by atoms with Gasteiger partial charge in [0.15, 0.2) is 5.65 Å². The van der Waals surface area contributed by atoms with Crippen LogP contribution in [0.15, 0.2) is 54.6 Å². The van der Waals surface area contributed by atoms with Crippen LogP contribution in [0.25, 0.3) is 48.3 Å². The first-order valence-electron chi connectivity index (χ1n) is 7.85. The Morgan fingerprint density at radius 2 is 1.62 bits per heavy atom. The van der Waals surface area contributed by atoms with E-state index in [0.717, 1.165) is 27.3 Å². The van der Waals surface area contributed by atoms with Gasteiger partial charge in [-0.25, -0.2) is 4.98 Å². The molecule has 4 aromatic heterocycles. The SMILES string of the molecule is Cn1c2ccccc2n2c3cc4c(nc3nc12)sc1ccccc14. The molecule has 0 bridgehead atoms. The molecule has 114 valence electrons. The van der Waals surface area contributed by atoms with E-state index in [0.29, 0.717) is 0 Å². The summed E-state index contributed by atoms with van der Waals surface area (Å²) in [5, 5.41) is 2.47. The molecule has 0 aliphatic rings. The predicted octanol–water partition coefficient (Wildman–Crippen LogP) is 4.74. The van der Waals surface area contributed by atoms with E-state index in [2.05, 4.69) is 70.6 Å². The largest absolute Gasteiger partial charge is 0.313 e. The molecule has 0 aliphatic heterocycles. The van der Waals surface area contributed by atoms with Crippen LogP contribution < -0.4 is 0 Å². The first kappa shape index (κ1) is 12.5. The van der Waals surface area contributed by atoms with Gasteiger partial charge in [0.1, 0.15) is 4.83 Å². The van der Waals surface area contributed by atoms with Crippen LogP contribution >= 0.6 is 11.3 Å². The van der Waals surface area contributed by atoms with Crippen LogP contribution in [0, 0.1) is 0 Å². The van der Waals surface area contributed by atoms with Gasteiger partial charge < -0.3 is 4.57 Å². The zero-order valence-electron chi connectivity index (χ0n) is 12.9. The molecule has 5 heteroatoms. The van der Waals surface area contributed by atoms with Gasteiger partial charge >= 0.3 is 0 Å². The van der Waals surface area contributed by atoms with Crippen LogP contribution in [0.3, 0.4) is 0 Å². The normalized spacial score (nSPS) is 12.4. The molecule has 0 atom stereocenters. The van der Waals surface area contributed by atoms with Crippen molar-refractivity contribution in [1.29, 1.82) is 0 Å². The summed E-state index contributed by atoms with van der Waals surface area (Å²) in [5.74, 6) is 0.931. The number of aromatic nitrogens is 4. The van der Waals surface area contributed by atoms with Crippen LogP contribution in [0.5, 0.6) is 0 Å². The highest BCUT2D eigenvalue weighted by molar-refractivity contribution is 7.25. The van der Waals surface area contributed by atoms with E-state index in [1.165, 1.54) is 21.0 Å². The van der Waals surface area contributed by atoms with Gasteiger partial charge in [-0.1, -0.05) is 30.3 Å². The van der Waals surface area contributed by atoms with Gasteiger partial charge in [-0.15, -0.1) is 11.3 Å². The van der Waals surface area contributed by atoms with E-state index in [4.69, 9.17) is 9.97 Å². The summed E-state index contributed by atoms with van der Waals surface area (Å²) in [7, 11) is 2.06. The highest BCUT2D eigenvalue weighted by atomic mass is 32.1. The third-order valence-electron chi connectivity index (χ3n) is 4.76. The number of rotatable bonds is 0. The fourth-order valence-electron chi connectivity index (χ4n) is 3.64. The molecule has 2 aromatic carbocycles. The van der Waals surface area contributed by atoms with E-state index < -0.39 is 0 Å². The minimum atomic E-state index is 0.811. The van der Waals surface area contributed by atoms with E-state index in [1.807, 2.05) is 0 Å². The molecule has 24 heavy (non-hydrogen) atoms. The molecule has 0 N–H and O–H groups in total. The lowest BCUT2D eigenvalue weighted by atomic mass is 10.2. The Hall–Kier alpha value is -2.92. The second-order valence-corrected chi connectivity index (χ2v) is 7.11. The monoisotopic (exact) mass is 328 g/mol. The van der Waals surface area contributed by atoms with Crippen LogP contribution in [-0.4, -0.2) is 18.9 Å². The number of hydrogen-bond acceptors (Lipinski definition) is 3. The third kappa shape index (κ3) is 1.39. The van der Waals surface area contributed by atoms with Gasteiger partial charge in [-0.05, 0) is 24.3 Å².